The average Bonchev–Trinajstić information content (AvgIpc) is 2.34. The smallest absolute Gasteiger partial charge is 0.251 e. The molecule has 0 atom stereocenters. The summed E-state index contributed by atoms with van der Waals surface area (Å²) >= 11 is 0. The largest absolute Gasteiger partial charge is 0.370 e. The Morgan fingerprint density at radius 3 is 2.69 bits per heavy atom. The van der Waals surface area contributed by atoms with Gasteiger partial charge in [-0.05, 0) is 12.5 Å². The predicted molar refractivity (Wildman–Crippen MR) is 48.4 cm³/mol. The Morgan fingerprint density at radius 2 is 2.23 bits per heavy atom. The van der Waals surface area contributed by atoms with E-state index in [1.54, 1.807) is 6.08 Å². The molecule has 0 saturated heterocycles. The molecular weight excluding hydrogens is 168 g/mol. The number of amides is 2. The lowest BCUT2D eigenvalue weighted by atomic mass is 10.3. The van der Waals surface area contributed by atoms with E-state index in [9.17, 15) is 9.59 Å². The summed E-state index contributed by atoms with van der Waals surface area (Å²) in [7, 11) is 0. The second-order valence-corrected chi connectivity index (χ2v) is 2.88. The van der Waals surface area contributed by atoms with Crippen LogP contribution in [0.2, 0.25) is 0 Å². The summed E-state index contributed by atoms with van der Waals surface area (Å²) in [6.45, 7) is 4.19. The molecule has 0 bridgehead atoms. The van der Waals surface area contributed by atoms with Gasteiger partial charge in [-0.25, -0.2) is 0 Å². The highest BCUT2D eigenvalue weighted by molar-refractivity contribution is 5.93. The molecule has 2 N–H and O–H groups in total. The molecule has 13 heavy (non-hydrogen) atoms. The molecule has 4 heteroatoms. The van der Waals surface area contributed by atoms with Crippen LogP contribution in [0, 0.1) is 0 Å². The van der Waals surface area contributed by atoms with Crippen molar-refractivity contribution in [2.45, 2.75) is 12.8 Å². The minimum Gasteiger partial charge on any atom is -0.370 e. The van der Waals surface area contributed by atoms with E-state index >= 15 is 0 Å². The van der Waals surface area contributed by atoms with Gasteiger partial charge in [-0.3, -0.25) is 9.59 Å². The van der Waals surface area contributed by atoms with Crippen molar-refractivity contribution in [3.05, 3.63) is 24.4 Å². The Balaban J connectivity index is 2.34. The second kappa shape index (κ2) is 3.89. The van der Waals surface area contributed by atoms with Gasteiger partial charge in [0, 0.05) is 24.7 Å². The average molecular weight is 180 g/mol. The number of primary amides is 1. The predicted octanol–water partition coefficient (Wildman–Crippen LogP) is 0.164. The van der Waals surface area contributed by atoms with Crippen molar-refractivity contribution in [2.24, 2.45) is 5.73 Å². The van der Waals surface area contributed by atoms with Crippen LogP contribution >= 0.6 is 0 Å². The number of carbonyl (C=O) groups excluding carboxylic acids is 2. The molecule has 4 nitrogen and oxygen atoms in total. The van der Waals surface area contributed by atoms with Crippen molar-refractivity contribution in [1.82, 2.24) is 4.90 Å². The van der Waals surface area contributed by atoms with E-state index in [2.05, 4.69) is 6.58 Å². The van der Waals surface area contributed by atoms with Crippen LogP contribution in [0.1, 0.15) is 12.8 Å². The van der Waals surface area contributed by atoms with E-state index in [-0.39, 0.29) is 11.8 Å². The van der Waals surface area contributed by atoms with E-state index in [4.69, 9.17) is 5.73 Å². The highest BCUT2D eigenvalue weighted by atomic mass is 16.2. The van der Waals surface area contributed by atoms with Gasteiger partial charge in [0.1, 0.15) is 0 Å². The standard InChI is InChI=1S/C9H12N2O2/c1-7-4-5-9(13)11(7)6-2-3-8(10)12/h4-5H,1-3,6H2,(H2,10,12). The molecule has 0 unspecified atom stereocenters. The molecular formula is C9H12N2O2. The number of nitrogens with zero attached hydrogens (tertiary/aromatic N) is 1. The Kier molecular flexibility index (Phi) is 2.84. The van der Waals surface area contributed by atoms with Crippen LogP contribution in [0.5, 0.6) is 0 Å². The SMILES string of the molecule is C=C1C=CC(=O)N1CCCC(N)=O. The molecule has 0 spiro atoms. The molecule has 1 aliphatic heterocycles. The van der Waals surface area contributed by atoms with Crippen LogP contribution in [-0.2, 0) is 9.59 Å². The van der Waals surface area contributed by atoms with Gasteiger partial charge in [-0.2, -0.15) is 0 Å². The zero-order valence-electron chi connectivity index (χ0n) is 7.32. The fourth-order valence-corrected chi connectivity index (χ4v) is 1.15. The van der Waals surface area contributed by atoms with Crippen LogP contribution in [0.3, 0.4) is 0 Å². The number of allylic oxidation sites excluding steroid dienone is 1. The van der Waals surface area contributed by atoms with Crippen LogP contribution in [0.25, 0.3) is 0 Å². The first-order valence-corrected chi connectivity index (χ1v) is 4.08. The number of hydrogen-bond acceptors (Lipinski definition) is 2. The molecule has 0 aromatic rings. The van der Waals surface area contributed by atoms with Gasteiger partial charge in [-0.1, -0.05) is 6.58 Å². The topological polar surface area (TPSA) is 63.4 Å². The van der Waals surface area contributed by atoms with Gasteiger partial charge in [0.2, 0.25) is 5.91 Å². The molecule has 70 valence electrons. The normalized spacial score (nSPS) is 15.5. The molecule has 1 rings (SSSR count). The maximum atomic E-state index is 11.1. The van der Waals surface area contributed by atoms with Gasteiger partial charge in [0.15, 0.2) is 0 Å². The van der Waals surface area contributed by atoms with E-state index in [0.717, 1.165) is 0 Å². The van der Waals surface area contributed by atoms with Crippen LogP contribution in [0.4, 0.5) is 0 Å². The summed E-state index contributed by atoms with van der Waals surface area (Å²) in [5.41, 5.74) is 5.64. The van der Waals surface area contributed by atoms with Crippen molar-refractivity contribution >= 4 is 11.8 Å². The zero-order chi connectivity index (χ0) is 9.84. The highest BCUT2D eigenvalue weighted by Gasteiger charge is 2.17. The molecule has 0 aromatic carbocycles. The molecule has 1 aliphatic rings. The van der Waals surface area contributed by atoms with E-state index in [1.807, 2.05) is 0 Å². The fraction of sp³-hybridized carbons (Fsp3) is 0.333. The quantitative estimate of drug-likeness (QED) is 0.670. The van der Waals surface area contributed by atoms with E-state index in [1.165, 1.54) is 11.0 Å². The third-order valence-electron chi connectivity index (χ3n) is 1.84. The van der Waals surface area contributed by atoms with Crippen molar-refractivity contribution in [3.8, 4) is 0 Å². The first-order valence-electron chi connectivity index (χ1n) is 4.08. The summed E-state index contributed by atoms with van der Waals surface area (Å²) in [6.07, 6.45) is 4.01. The Bertz CT molecular complexity index is 263. The first-order chi connectivity index (χ1) is 6.11. The van der Waals surface area contributed by atoms with Crippen molar-refractivity contribution < 1.29 is 9.59 Å². The number of hydrogen-bond donors (Lipinski definition) is 1. The highest BCUT2D eigenvalue weighted by Crippen LogP contribution is 2.13. The molecule has 2 amide bonds. The Labute approximate surface area is 76.7 Å². The Morgan fingerprint density at radius 1 is 1.54 bits per heavy atom. The molecule has 0 radical (unpaired) electrons. The summed E-state index contributed by atoms with van der Waals surface area (Å²) in [4.78, 5) is 23.1. The minimum absolute atomic E-state index is 0.0746. The van der Waals surface area contributed by atoms with E-state index < -0.39 is 0 Å². The van der Waals surface area contributed by atoms with Crippen LogP contribution in [-0.4, -0.2) is 23.3 Å². The molecule has 1 heterocycles. The van der Waals surface area contributed by atoms with Crippen LogP contribution < -0.4 is 5.73 Å². The van der Waals surface area contributed by atoms with Gasteiger partial charge >= 0.3 is 0 Å². The lowest BCUT2D eigenvalue weighted by Gasteiger charge is -2.16. The van der Waals surface area contributed by atoms with Crippen molar-refractivity contribution in [1.29, 1.82) is 0 Å². The third kappa shape index (κ3) is 2.43. The summed E-state index contributed by atoms with van der Waals surface area (Å²) in [6, 6.07) is 0. The minimum atomic E-state index is -0.342. The molecule has 0 saturated carbocycles. The molecule has 0 fully saturated rings. The first kappa shape index (κ1) is 9.51. The summed E-state index contributed by atoms with van der Waals surface area (Å²) in [5.74, 6) is -0.417. The van der Waals surface area contributed by atoms with E-state index in [0.29, 0.717) is 25.1 Å². The lowest BCUT2D eigenvalue weighted by Crippen LogP contribution is -2.25. The maximum absolute atomic E-state index is 11.1. The monoisotopic (exact) mass is 180 g/mol. The Hall–Kier alpha value is -1.58. The molecule has 0 aliphatic carbocycles. The van der Waals surface area contributed by atoms with Gasteiger partial charge in [-0.15, -0.1) is 0 Å². The van der Waals surface area contributed by atoms with Gasteiger partial charge in [0.05, 0.1) is 0 Å². The fourth-order valence-electron chi connectivity index (χ4n) is 1.15. The number of rotatable bonds is 4. The second-order valence-electron chi connectivity index (χ2n) is 2.88. The third-order valence-corrected chi connectivity index (χ3v) is 1.84. The summed E-state index contributed by atoms with van der Waals surface area (Å²) < 4.78 is 0. The number of nitrogens with two attached hydrogens (primary N) is 1. The van der Waals surface area contributed by atoms with Gasteiger partial charge in [0.25, 0.3) is 5.91 Å². The summed E-state index contributed by atoms with van der Waals surface area (Å²) in [5, 5.41) is 0. The molecule has 0 aromatic heterocycles. The lowest BCUT2D eigenvalue weighted by molar-refractivity contribution is -0.124. The zero-order valence-corrected chi connectivity index (χ0v) is 7.32. The van der Waals surface area contributed by atoms with Crippen molar-refractivity contribution in [2.75, 3.05) is 6.54 Å². The maximum Gasteiger partial charge on any atom is 0.251 e. The number of carbonyl (C=O) groups is 2. The van der Waals surface area contributed by atoms with Crippen molar-refractivity contribution in [3.63, 3.8) is 0 Å². The van der Waals surface area contributed by atoms with Gasteiger partial charge < -0.3 is 10.6 Å². The van der Waals surface area contributed by atoms with Crippen LogP contribution in [0.15, 0.2) is 24.4 Å².